The van der Waals surface area contributed by atoms with Crippen LogP contribution in [0.1, 0.15) is 23.2 Å². The summed E-state index contributed by atoms with van der Waals surface area (Å²) in [6.07, 6.45) is -2.44. The van der Waals surface area contributed by atoms with Gasteiger partial charge >= 0.3 is 12.2 Å². The molecular weight excluding hydrogens is 421 g/mol. The molecule has 0 atom stereocenters. The number of urea groups is 1. The number of carbonyl (C=O) groups is 1. The first-order valence-corrected chi connectivity index (χ1v) is 10.2. The Bertz CT molecular complexity index is 1170. The number of hydrogen-bond acceptors (Lipinski definition) is 4. The van der Waals surface area contributed by atoms with Crippen molar-refractivity contribution in [3.05, 3.63) is 65.5 Å². The fourth-order valence-electron chi connectivity index (χ4n) is 4.48. The summed E-state index contributed by atoms with van der Waals surface area (Å²) in [6, 6.07) is 12.3. The van der Waals surface area contributed by atoms with Gasteiger partial charge in [-0.25, -0.2) is 9.78 Å². The summed E-state index contributed by atoms with van der Waals surface area (Å²) >= 11 is 0. The van der Waals surface area contributed by atoms with Gasteiger partial charge in [-0.15, -0.1) is 0 Å². The largest absolute Gasteiger partial charge is 0.419 e. The van der Waals surface area contributed by atoms with Gasteiger partial charge < -0.3 is 16.0 Å². The Kier molecular flexibility index (Phi) is 4.61. The lowest BCUT2D eigenvalue weighted by molar-refractivity contribution is -0.137. The Morgan fingerprint density at radius 3 is 2.66 bits per heavy atom. The molecule has 0 radical (unpaired) electrons. The number of rotatable bonds is 3. The number of aryl methyl sites for hydroxylation is 1. The van der Waals surface area contributed by atoms with E-state index in [2.05, 4.69) is 15.4 Å². The second-order valence-corrected chi connectivity index (χ2v) is 8.32. The minimum absolute atomic E-state index is 0.129. The van der Waals surface area contributed by atoms with Crippen molar-refractivity contribution < 1.29 is 18.0 Å². The molecule has 2 aromatic heterocycles. The van der Waals surface area contributed by atoms with Crippen LogP contribution in [0.25, 0.3) is 11.3 Å². The number of amides is 2. The highest BCUT2D eigenvalue weighted by Crippen LogP contribution is 2.44. The quantitative estimate of drug-likeness (QED) is 0.651. The van der Waals surface area contributed by atoms with Crippen molar-refractivity contribution in [3.8, 4) is 11.3 Å². The molecule has 2 aliphatic rings. The topological polar surface area (TPSA) is 89.1 Å². The van der Waals surface area contributed by atoms with Crippen LogP contribution in [-0.4, -0.2) is 38.8 Å². The fourth-order valence-corrected chi connectivity index (χ4v) is 4.48. The van der Waals surface area contributed by atoms with Crippen LogP contribution < -0.4 is 11.1 Å². The number of anilines is 1. The summed E-state index contributed by atoms with van der Waals surface area (Å²) in [5, 5.41) is 7.41. The van der Waals surface area contributed by atoms with Crippen LogP contribution in [0.15, 0.2) is 48.7 Å². The van der Waals surface area contributed by atoms with Crippen LogP contribution in [-0.2, 0) is 24.7 Å². The predicted molar refractivity (Wildman–Crippen MR) is 111 cm³/mol. The van der Waals surface area contributed by atoms with E-state index in [1.54, 1.807) is 11.0 Å². The highest BCUT2D eigenvalue weighted by molar-refractivity contribution is 5.76. The molecule has 1 spiro atoms. The molecule has 1 aromatic carbocycles. The minimum atomic E-state index is -4.58. The lowest BCUT2D eigenvalue weighted by Gasteiger charge is -2.47. The number of fused-ring (bicyclic) bond motifs is 2. The van der Waals surface area contributed by atoms with Crippen molar-refractivity contribution in [3.63, 3.8) is 0 Å². The van der Waals surface area contributed by atoms with Gasteiger partial charge in [-0.3, -0.25) is 4.68 Å². The SMILES string of the molecule is Nc1ncc(-c2cc3n(n2)CCC32CN(C(=O)NCc3ccccc3)C2)cc1C(F)(F)F. The highest BCUT2D eigenvalue weighted by Gasteiger charge is 2.51. The molecule has 7 nitrogen and oxygen atoms in total. The van der Waals surface area contributed by atoms with Gasteiger partial charge in [0.1, 0.15) is 5.82 Å². The maximum atomic E-state index is 13.2. The number of carbonyl (C=O) groups excluding carboxylic acids is 1. The van der Waals surface area contributed by atoms with E-state index in [4.69, 9.17) is 5.73 Å². The number of nitrogen functional groups attached to an aromatic ring is 1. The van der Waals surface area contributed by atoms with Crippen LogP contribution in [0, 0.1) is 0 Å². The predicted octanol–water partition coefficient (Wildman–Crippen LogP) is 3.41. The van der Waals surface area contributed by atoms with Gasteiger partial charge in [0.05, 0.1) is 11.3 Å². The lowest BCUT2D eigenvalue weighted by Crippen LogP contribution is -2.62. The van der Waals surface area contributed by atoms with Crippen molar-refractivity contribution in [2.45, 2.75) is 31.1 Å². The van der Waals surface area contributed by atoms with E-state index in [0.29, 0.717) is 31.9 Å². The van der Waals surface area contributed by atoms with Crippen LogP contribution in [0.4, 0.5) is 23.8 Å². The number of pyridine rings is 1. The van der Waals surface area contributed by atoms with Crippen LogP contribution >= 0.6 is 0 Å². The molecular formula is C22H21F3N6O. The number of likely N-dealkylation sites (tertiary alicyclic amines) is 1. The molecule has 0 saturated carbocycles. The first-order chi connectivity index (χ1) is 15.2. The zero-order chi connectivity index (χ0) is 22.5. The smallest absolute Gasteiger partial charge is 0.383 e. The number of aromatic nitrogens is 3. The van der Waals surface area contributed by atoms with Gasteiger partial charge in [-0.1, -0.05) is 30.3 Å². The zero-order valence-corrected chi connectivity index (χ0v) is 17.1. The molecule has 2 aliphatic heterocycles. The van der Waals surface area contributed by atoms with Crippen molar-refractivity contribution in [1.29, 1.82) is 0 Å². The van der Waals surface area contributed by atoms with E-state index in [9.17, 15) is 18.0 Å². The van der Waals surface area contributed by atoms with E-state index < -0.39 is 17.6 Å². The maximum absolute atomic E-state index is 13.2. The van der Waals surface area contributed by atoms with E-state index >= 15 is 0 Å². The molecule has 166 valence electrons. The second-order valence-electron chi connectivity index (χ2n) is 8.32. The van der Waals surface area contributed by atoms with Crippen molar-refractivity contribution in [1.82, 2.24) is 25.0 Å². The second kappa shape index (κ2) is 7.25. The Balaban J connectivity index is 1.30. The van der Waals surface area contributed by atoms with Crippen molar-refractivity contribution in [2.75, 3.05) is 18.8 Å². The minimum Gasteiger partial charge on any atom is -0.383 e. The third kappa shape index (κ3) is 3.45. The number of benzene rings is 1. The Hall–Kier alpha value is -3.56. The van der Waals surface area contributed by atoms with E-state index in [1.807, 2.05) is 35.0 Å². The summed E-state index contributed by atoms with van der Waals surface area (Å²) < 4.78 is 41.4. The molecule has 1 fully saturated rings. The summed E-state index contributed by atoms with van der Waals surface area (Å²) in [4.78, 5) is 18.0. The van der Waals surface area contributed by atoms with Crippen LogP contribution in [0.2, 0.25) is 0 Å². The normalized spacial score (nSPS) is 16.7. The molecule has 10 heteroatoms. The summed E-state index contributed by atoms with van der Waals surface area (Å²) in [5.41, 5.74) is 6.86. The molecule has 3 N–H and O–H groups in total. The average molecular weight is 442 g/mol. The molecule has 2 amide bonds. The van der Waals surface area contributed by atoms with Gasteiger partial charge in [0.15, 0.2) is 0 Å². The molecule has 5 rings (SSSR count). The molecule has 0 unspecified atom stereocenters. The summed E-state index contributed by atoms with van der Waals surface area (Å²) in [5.74, 6) is -0.555. The monoisotopic (exact) mass is 442 g/mol. The highest BCUT2D eigenvalue weighted by atomic mass is 19.4. The van der Waals surface area contributed by atoms with Gasteiger partial charge in [0.2, 0.25) is 0 Å². The van der Waals surface area contributed by atoms with Gasteiger partial charge in [0, 0.05) is 49.0 Å². The Labute approximate surface area is 182 Å². The standard InChI is InChI=1S/C22H21F3N6O/c23-22(24,25)16-8-15(11-27-19(16)26)17-9-18-21(6-7-31(18)29-17)12-30(13-21)20(32)28-10-14-4-2-1-3-5-14/h1-5,8-9,11H,6-7,10,12-13H2,(H2,26,27)(H,28,32). The Morgan fingerprint density at radius 1 is 1.19 bits per heavy atom. The molecule has 0 aliphatic carbocycles. The summed E-state index contributed by atoms with van der Waals surface area (Å²) in [7, 11) is 0. The first kappa shape index (κ1) is 20.3. The molecule has 32 heavy (non-hydrogen) atoms. The van der Waals surface area contributed by atoms with E-state index in [1.165, 1.54) is 6.20 Å². The van der Waals surface area contributed by atoms with Gasteiger partial charge in [-0.2, -0.15) is 18.3 Å². The molecule has 0 bridgehead atoms. The first-order valence-electron chi connectivity index (χ1n) is 10.2. The van der Waals surface area contributed by atoms with Crippen LogP contribution in [0.5, 0.6) is 0 Å². The average Bonchev–Trinajstić information content (AvgIpc) is 3.30. The third-order valence-electron chi connectivity index (χ3n) is 6.21. The molecule has 3 aromatic rings. The number of nitrogens with one attached hydrogen (secondary N) is 1. The van der Waals surface area contributed by atoms with Crippen LogP contribution in [0.3, 0.4) is 0 Å². The lowest BCUT2D eigenvalue weighted by atomic mass is 9.76. The van der Waals surface area contributed by atoms with E-state index in [0.717, 1.165) is 23.7 Å². The number of nitrogens with zero attached hydrogens (tertiary/aromatic N) is 4. The molecule has 4 heterocycles. The number of nitrogens with two attached hydrogens (primary N) is 1. The fraction of sp³-hybridized carbons (Fsp3) is 0.318. The third-order valence-corrected chi connectivity index (χ3v) is 6.21. The molecule has 1 saturated heterocycles. The van der Waals surface area contributed by atoms with Crippen molar-refractivity contribution in [2.24, 2.45) is 0 Å². The summed E-state index contributed by atoms with van der Waals surface area (Å²) in [6.45, 7) is 2.21. The van der Waals surface area contributed by atoms with Crippen molar-refractivity contribution >= 4 is 11.8 Å². The number of halogens is 3. The maximum Gasteiger partial charge on any atom is 0.419 e. The van der Waals surface area contributed by atoms with Gasteiger partial charge in [0.25, 0.3) is 0 Å². The van der Waals surface area contributed by atoms with E-state index in [-0.39, 0.29) is 17.0 Å². The zero-order valence-electron chi connectivity index (χ0n) is 17.1. The number of alkyl halides is 3. The van der Waals surface area contributed by atoms with Gasteiger partial charge in [-0.05, 0) is 24.1 Å². The number of hydrogen-bond donors (Lipinski definition) is 2. The Morgan fingerprint density at radius 2 is 1.94 bits per heavy atom.